The van der Waals surface area contributed by atoms with Crippen LogP contribution in [0.1, 0.15) is 11.1 Å². The van der Waals surface area contributed by atoms with Crippen LogP contribution in [0, 0.1) is 18.3 Å². The van der Waals surface area contributed by atoms with Crippen LogP contribution in [0.2, 0.25) is 0 Å². The quantitative estimate of drug-likeness (QED) is 0.683. The molecular formula is C17H13NO3. The number of aliphatic carboxylic acids is 1. The van der Waals surface area contributed by atoms with Crippen LogP contribution < -0.4 is 4.74 Å². The van der Waals surface area contributed by atoms with Gasteiger partial charge in [-0.1, -0.05) is 30.3 Å². The molecule has 4 nitrogen and oxygen atoms in total. The number of aryl methyl sites for hydroxylation is 1. The lowest BCUT2D eigenvalue weighted by atomic mass is 10.1. The average Bonchev–Trinajstić information content (AvgIpc) is 2.48. The predicted octanol–water partition coefficient (Wildman–Crippen LogP) is 3.78. The van der Waals surface area contributed by atoms with E-state index in [1.165, 1.54) is 6.08 Å². The number of nitriles is 1. The van der Waals surface area contributed by atoms with Gasteiger partial charge in [0, 0.05) is 0 Å². The fourth-order valence-corrected chi connectivity index (χ4v) is 1.74. The molecule has 4 heteroatoms. The number of carbonyl (C=O) groups is 1. The minimum atomic E-state index is -1.24. The first kappa shape index (κ1) is 14.4. The molecule has 0 atom stereocenters. The number of hydrogen-bond acceptors (Lipinski definition) is 3. The monoisotopic (exact) mass is 279 g/mol. The maximum absolute atomic E-state index is 10.8. The van der Waals surface area contributed by atoms with E-state index in [2.05, 4.69) is 0 Å². The molecule has 2 rings (SSSR count). The van der Waals surface area contributed by atoms with Gasteiger partial charge in [0.1, 0.15) is 23.1 Å². The maximum Gasteiger partial charge on any atom is 0.346 e. The molecule has 0 radical (unpaired) electrons. The Bertz CT molecular complexity index is 724. The molecule has 21 heavy (non-hydrogen) atoms. The van der Waals surface area contributed by atoms with E-state index in [9.17, 15) is 4.79 Å². The topological polar surface area (TPSA) is 70.3 Å². The van der Waals surface area contributed by atoms with E-state index in [1.807, 2.05) is 31.2 Å². The number of para-hydroxylation sites is 1. The van der Waals surface area contributed by atoms with Gasteiger partial charge in [0.25, 0.3) is 0 Å². The average molecular weight is 279 g/mol. The van der Waals surface area contributed by atoms with Crippen molar-refractivity contribution in [1.29, 1.82) is 5.26 Å². The van der Waals surface area contributed by atoms with Crippen molar-refractivity contribution in [1.82, 2.24) is 0 Å². The van der Waals surface area contributed by atoms with E-state index in [-0.39, 0.29) is 5.57 Å². The van der Waals surface area contributed by atoms with Gasteiger partial charge in [-0.3, -0.25) is 0 Å². The Morgan fingerprint density at radius 3 is 2.43 bits per heavy atom. The molecule has 0 aliphatic rings. The first-order valence-electron chi connectivity index (χ1n) is 6.29. The highest BCUT2D eigenvalue weighted by Crippen LogP contribution is 2.25. The summed E-state index contributed by atoms with van der Waals surface area (Å²) in [6.45, 7) is 1.96. The van der Waals surface area contributed by atoms with Crippen LogP contribution in [0.15, 0.2) is 54.1 Å². The second-order valence-corrected chi connectivity index (χ2v) is 4.41. The molecule has 0 aromatic heterocycles. The molecule has 0 spiro atoms. The predicted molar refractivity (Wildman–Crippen MR) is 78.9 cm³/mol. The van der Waals surface area contributed by atoms with Gasteiger partial charge >= 0.3 is 5.97 Å². The Kier molecular flexibility index (Phi) is 4.37. The lowest BCUT2D eigenvalue weighted by Crippen LogP contribution is -1.97. The standard InChI is InChI=1S/C17H13NO3/c1-12-4-2-3-5-16(12)21-15-8-6-13(7-9-15)10-14(11-18)17(19)20/h2-10H,1H3,(H,19,20). The van der Waals surface area contributed by atoms with Gasteiger partial charge in [-0.25, -0.2) is 4.79 Å². The molecule has 0 aliphatic carbocycles. The molecule has 0 unspecified atom stereocenters. The normalized spacial score (nSPS) is 10.8. The van der Waals surface area contributed by atoms with Crippen molar-refractivity contribution >= 4 is 12.0 Å². The largest absolute Gasteiger partial charge is 0.477 e. The number of carboxylic acids is 1. The zero-order chi connectivity index (χ0) is 15.2. The molecule has 0 bridgehead atoms. The molecule has 2 aromatic rings. The zero-order valence-corrected chi connectivity index (χ0v) is 11.4. The molecule has 0 aliphatic heterocycles. The van der Waals surface area contributed by atoms with Gasteiger partial charge in [0.05, 0.1) is 0 Å². The maximum atomic E-state index is 10.8. The van der Waals surface area contributed by atoms with Crippen molar-refractivity contribution in [2.75, 3.05) is 0 Å². The Labute approximate surface area is 122 Å². The van der Waals surface area contributed by atoms with Crippen LogP contribution in [0.4, 0.5) is 0 Å². The lowest BCUT2D eigenvalue weighted by Gasteiger charge is -2.08. The molecule has 0 fully saturated rings. The molecule has 0 saturated carbocycles. The van der Waals surface area contributed by atoms with Crippen LogP contribution >= 0.6 is 0 Å². The summed E-state index contributed by atoms with van der Waals surface area (Å²) in [6, 6.07) is 16.2. The third-order valence-corrected chi connectivity index (χ3v) is 2.86. The van der Waals surface area contributed by atoms with Gasteiger partial charge in [0.2, 0.25) is 0 Å². The van der Waals surface area contributed by atoms with E-state index in [0.29, 0.717) is 11.3 Å². The number of benzene rings is 2. The molecule has 1 N–H and O–H groups in total. The minimum Gasteiger partial charge on any atom is -0.477 e. The fraction of sp³-hybridized carbons (Fsp3) is 0.0588. The second kappa shape index (κ2) is 6.40. The molecule has 0 saturated heterocycles. The minimum absolute atomic E-state index is 0.303. The third-order valence-electron chi connectivity index (χ3n) is 2.86. The summed E-state index contributed by atoms with van der Waals surface area (Å²) in [6.07, 6.45) is 1.32. The first-order chi connectivity index (χ1) is 10.1. The van der Waals surface area contributed by atoms with Crippen molar-refractivity contribution in [3.63, 3.8) is 0 Å². The Morgan fingerprint density at radius 2 is 1.86 bits per heavy atom. The number of rotatable bonds is 4. The van der Waals surface area contributed by atoms with Crippen molar-refractivity contribution < 1.29 is 14.6 Å². The summed E-state index contributed by atoms with van der Waals surface area (Å²) in [5.41, 5.74) is 1.35. The van der Waals surface area contributed by atoms with Gasteiger partial charge in [-0.15, -0.1) is 0 Å². The highest BCUT2D eigenvalue weighted by atomic mass is 16.5. The summed E-state index contributed by atoms with van der Waals surface area (Å²) in [7, 11) is 0. The van der Waals surface area contributed by atoms with Gasteiger partial charge in [-0.05, 0) is 42.3 Å². The van der Waals surface area contributed by atoms with E-state index in [0.717, 1.165) is 11.3 Å². The van der Waals surface area contributed by atoms with Crippen LogP contribution in [-0.4, -0.2) is 11.1 Å². The molecular weight excluding hydrogens is 266 g/mol. The Morgan fingerprint density at radius 1 is 1.19 bits per heavy atom. The molecule has 2 aromatic carbocycles. The van der Waals surface area contributed by atoms with Crippen molar-refractivity contribution in [2.45, 2.75) is 6.92 Å². The second-order valence-electron chi connectivity index (χ2n) is 4.41. The van der Waals surface area contributed by atoms with Crippen LogP contribution in [0.25, 0.3) is 6.08 Å². The third kappa shape index (κ3) is 3.71. The Balaban J connectivity index is 2.19. The van der Waals surface area contributed by atoms with Gasteiger partial charge in [-0.2, -0.15) is 5.26 Å². The first-order valence-corrected chi connectivity index (χ1v) is 6.29. The zero-order valence-electron chi connectivity index (χ0n) is 11.4. The van der Waals surface area contributed by atoms with Crippen LogP contribution in [0.3, 0.4) is 0 Å². The SMILES string of the molecule is Cc1ccccc1Oc1ccc(C=C(C#N)C(=O)O)cc1. The smallest absolute Gasteiger partial charge is 0.346 e. The highest BCUT2D eigenvalue weighted by molar-refractivity contribution is 5.96. The van der Waals surface area contributed by atoms with E-state index in [1.54, 1.807) is 30.3 Å². The summed E-state index contributed by atoms with van der Waals surface area (Å²) < 4.78 is 5.74. The van der Waals surface area contributed by atoms with E-state index in [4.69, 9.17) is 15.1 Å². The van der Waals surface area contributed by atoms with Crippen LogP contribution in [0.5, 0.6) is 11.5 Å². The number of ether oxygens (including phenoxy) is 1. The number of nitrogens with zero attached hydrogens (tertiary/aromatic N) is 1. The molecule has 0 heterocycles. The number of hydrogen-bond donors (Lipinski definition) is 1. The van der Waals surface area contributed by atoms with E-state index < -0.39 is 5.97 Å². The molecule has 0 amide bonds. The van der Waals surface area contributed by atoms with Crippen molar-refractivity contribution in [3.8, 4) is 17.6 Å². The van der Waals surface area contributed by atoms with Gasteiger partial charge < -0.3 is 9.84 Å². The van der Waals surface area contributed by atoms with E-state index >= 15 is 0 Å². The van der Waals surface area contributed by atoms with Crippen molar-refractivity contribution in [3.05, 3.63) is 65.2 Å². The Hall–Kier alpha value is -3.06. The summed E-state index contributed by atoms with van der Waals surface area (Å²) in [5, 5.41) is 17.5. The van der Waals surface area contributed by atoms with Gasteiger partial charge in [0.15, 0.2) is 0 Å². The highest BCUT2D eigenvalue weighted by Gasteiger charge is 2.06. The number of carboxylic acid groups (broad SMARTS) is 1. The van der Waals surface area contributed by atoms with Crippen molar-refractivity contribution in [2.24, 2.45) is 0 Å². The molecule has 104 valence electrons. The lowest BCUT2D eigenvalue weighted by molar-refractivity contribution is -0.132. The summed E-state index contributed by atoms with van der Waals surface area (Å²) in [5.74, 6) is 0.178. The van der Waals surface area contributed by atoms with Crippen LogP contribution in [-0.2, 0) is 4.79 Å². The summed E-state index contributed by atoms with van der Waals surface area (Å²) in [4.78, 5) is 10.8. The fourth-order valence-electron chi connectivity index (χ4n) is 1.74. The summed E-state index contributed by atoms with van der Waals surface area (Å²) >= 11 is 0.